The van der Waals surface area contributed by atoms with Gasteiger partial charge in [-0.05, 0) is 42.9 Å². The highest BCUT2D eigenvalue weighted by Crippen LogP contribution is 2.46. The van der Waals surface area contributed by atoms with Crippen molar-refractivity contribution in [3.63, 3.8) is 0 Å². The van der Waals surface area contributed by atoms with E-state index in [1.54, 1.807) is 18.2 Å². The minimum Gasteiger partial charge on any atom is -0.508 e. The van der Waals surface area contributed by atoms with Crippen LogP contribution in [0.1, 0.15) is 58.4 Å². The number of hydrogen-bond acceptors (Lipinski definition) is 2. The molecule has 0 amide bonds. The molecule has 0 radical (unpaired) electrons. The fourth-order valence-electron chi connectivity index (χ4n) is 3.76. The summed E-state index contributed by atoms with van der Waals surface area (Å²) in [7, 11) is 0. The number of benzene rings is 1. The predicted octanol–water partition coefficient (Wildman–Crippen LogP) is 5.21. The molecule has 0 saturated heterocycles. The first-order chi connectivity index (χ1) is 11.4. The van der Waals surface area contributed by atoms with Crippen molar-refractivity contribution >= 4 is 5.97 Å². The van der Waals surface area contributed by atoms with Crippen molar-refractivity contribution < 1.29 is 15.0 Å². The molecule has 1 aliphatic carbocycles. The molecule has 0 saturated carbocycles. The van der Waals surface area contributed by atoms with E-state index in [4.69, 9.17) is 0 Å². The van der Waals surface area contributed by atoms with Crippen molar-refractivity contribution in [1.82, 2.24) is 0 Å². The van der Waals surface area contributed by atoms with Crippen LogP contribution in [0.25, 0.3) is 0 Å². The Labute approximate surface area is 144 Å². The lowest BCUT2D eigenvalue weighted by Gasteiger charge is -2.41. The van der Waals surface area contributed by atoms with E-state index in [1.165, 1.54) is 0 Å². The number of phenolic OH excluding ortho intramolecular Hbond substituents is 1. The normalized spacial score (nSPS) is 21.8. The van der Waals surface area contributed by atoms with Crippen molar-refractivity contribution in [2.75, 3.05) is 0 Å². The Balaban J connectivity index is 2.48. The average Bonchev–Trinajstić information content (AvgIpc) is 2.59. The summed E-state index contributed by atoms with van der Waals surface area (Å²) in [6.45, 7) is 6.47. The Morgan fingerprint density at radius 2 is 1.92 bits per heavy atom. The van der Waals surface area contributed by atoms with Crippen LogP contribution in [0.2, 0.25) is 0 Å². The quantitative estimate of drug-likeness (QED) is 0.722. The smallest absolute Gasteiger partial charge is 0.335 e. The van der Waals surface area contributed by atoms with Gasteiger partial charge in [0, 0.05) is 5.41 Å². The Kier molecular flexibility index (Phi) is 5.87. The van der Waals surface area contributed by atoms with Crippen LogP contribution in [0.3, 0.4) is 0 Å². The highest BCUT2D eigenvalue weighted by atomic mass is 16.4. The molecule has 1 aliphatic rings. The van der Waals surface area contributed by atoms with Crippen LogP contribution in [-0.2, 0) is 10.2 Å². The van der Waals surface area contributed by atoms with E-state index < -0.39 is 5.97 Å². The van der Waals surface area contributed by atoms with Crippen molar-refractivity contribution in [3.8, 4) is 5.75 Å². The molecule has 2 N–H and O–H groups in total. The third-order valence-electron chi connectivity index (χ3n) is 5.37. The number of hydrogen-bond donors (Lipinski definition) is 2. The average molecular weight is 328 g/mol. The van der Waals surface area contributed by atoms with Crippen LogP contribution in [0, 0.1) is 5.92 Å². The van der Waals surface area contributed by atoms with Gasteiger partial charge in [0.2, 0.25) is 0 Å². The largest absolute Gasteiger partial charge is 0.508 e. The fraction of sp³-hybridized carbons (Fsp3) is 0.476. The summed E-state index contributed by atoms with van der Waals surface area (Å²) in [5.74, 6) is -0.189. The highest BCUT2D eigenvalue weighted by Gasteiger charge is 2.38. The summed E-state index contributed by atoms with van der Waals surface area (Å²) in [6, 6.07) is 7.39. The second kappa shape index (κ2) is 7.69. The maximum atomic E-state index is 11.5. The lowest BCUT2D eigenvalue weighted by Crippen LogP contribution is -2.35. The summed E-state index contributed by atoms with van der Waals surface area (Å²) >= 11 is 0. The number of unbranched alkanes of at least 4 members (excludes halogenated alkanes) is 1. The monoisotopic (exact) mass is 328 g/mol. The minimum absolute atomic E-state index is 0.201. The van der Waals surface area contributed by atoms with Crippen molar-refractivity contribution in [1.29, 1.82) is 0 Å². The predicted molar refractivity (Wildman–Crippen MR) is 97.2 cm³/mol. The van der Waals surface area contributed by atoms with Gasteiger partial charge in [0.15, 0.2) is 0 Å². The summed E-state index contributed by atoms with van der Waals surface area (Å²) in [6.07, 6.45) is 8.76. The first kappa shape index (κ1) is 18.3. The van der Waals surface area contributed by atoms with Crippen LogP contribution in [-0.4, -0.2) is 16.2 Å². The second-order valence-corrected chi connectivity index (χ2v) is 6.82. The van der Waals surface area contributed by atoms with Gasteiger partial charge in [-0.25, -0.2) is 4.79 Å². The molecular weight excluding hydrogens is 300 g/mol. The molecule has 3 nitrogen and oxygen atoms in total. The van der Waals surface area contributed by atoms with E-state index in [0.717, 1.165) is 43.2 Å². The Morgan fingerprint density at radius 1 is 1.25 bits per heavy atom. The van der Waals surface area contributed by atoms with Gasteiger partial charge < -0.3 is 10.2 Å². The van der Waals surface area contributed by atoms with Crippen molar-refractivity contribution in [3.05, 3.63) is 53.1 Å². The number of allylic oxidation sites excluding steroid dienone is 2. The molecular formula is C21H28O3. The van der Waals surface area contributed by atoms with Crippen LogP contribution in [0.15, 0.2) is 47.6 Å². The van der Waals surface area contributed by atoms with Crippen LogP contribution in [0.4, 0.5) is 0 Å². The van der Waals surface area contributed by atoms with Crippen molar-refractivity contribution in [2.45, 2.75) is 58.3 Å². The molecule has 2 rings (SSSR count). The molecule has 0 aromatic heterocycles. The van der Waals surface area contributed by atoms with Gasteiger partial charge >= 0.3 is 5.97 Å². The number of carboxylic acid groups (broad SMARTS) is 1. The van der Waals surface area contributed by atoms with Gasteiger partial charge in [0.1, 0.15) is 5.75 Å². The second-order valence-electron chi connectivity index (χ2n) is 6.82. The Hall–Kier alpha value is -2.03. The molecule has 0 aliphatic heterocycles. The number of carbonyl (C=O) groups is 1. The maximum absolute atomic E-state index is 11.5. The van der Waals surface area contributed by atoms with E-state index in [0.29, 0.717) is 11.5 Å². The van der Waals surface area contributed by atoms with E-state index in [1.807, 2.05) is 19.1 Å². The lowest BCUT2D eigenvalue weighted by atomic mass is 9.63. The van der Waals surface area contributed by atoms with Gasteiger partial charge in [-0.3, -0.25) is 0 Å². The first-order valence-electron chi connectivity index (χ1n) is 8.88. The van der Waals surface area contributed by atoms with E-state index in [-0.39, 0.29) is 11.2 Å². The van der Waals surface area contributed by atoms with Gasteiger partial charge in [0.05, 0.1) is 5.57 Å². The van der Waals surface area contributed by atoms with Crippen LogP contribution in [0.5, 0.6) is 5.75 Å². The zero-order chi connectivity index (χ0) is 17.7. The third kappa shape index (κ3) is 3.55. The van der Waals surface area contributed by atoms with Crippen molar-refractivity contribution in [2.24, 2.45) is 5.92 Å². The first-order valence-corrected chi connectivity index (χ1v) is 8.88. The summed E-state index contributed by atoms with van der Waals surface area (Å²) in [5, 5.41) is 19.1. The molecule has 130 valence electrons. The minimum atomic E-state index is -0.844. The Bertz CT molecular complexity index is 640. The summed E-state index contributed by atoms with van der Waals surface area (Å²) in [4.78, 5) is 11.5. The molecule has 0 spiro atoms. The van der Waals surface area contributed by atoms with Gasteiger partial charge in [0.25, 0.3) is 0 Å². The molecule has 0 heterocycles. The van der Waals surface area contributed by atoms with Gasteiger partial charge in [-0.15, -0.1) is 0 Å². The SMILES string of the molecule is CCCCC(C)[C@@]1(c2ccc(O)cc2)C=CC(C(=O)O)=C(CC)C1. The molecule has 2 atom stereocenters. The molecule has 24 heavy (non-hydrogen) atoms. The molecule has 1 aromatic carbocycles. The number of aliphatic carboxylic acids is 1. The number of rotatable bonds is 7. The highest BCUT2D eigenvalue weighted by molar-refractivity contribution is 5.91. The van der Waals surface area contributed by atoms with Gasteiger partial charge in [-0.2, -0.15) is 0 Å². The summed E-state index contributed by atoms with van der Waals surface area (Å²) < 4.78 is 0. The Morgan fingerprint density at radius 3 is 2.46 bits per heavy atom. The fourth-order valence-corrected chi connectivity index (χ4v) is 3.76. The van der Waals surface area contributed by atoms with E-state index >= 15 is 0 Å². The molecule has 1 unspecified atom stereocenters. The molecule has 3 heteroatoms. The van der Waals surface area contributed by atoms with E-state index in [2.05, 4.69) is 19.9 Å². The van der Waals surface area contributed by atoms with Gasteiger partial charge in [-0.1, -0.05) is 63.5 Å². The van der Waals surface area contributed by atoms with Crippen LogP contribution < -0.4 is 0 Å². The van der Waals surface area contributed by atoms with E-state index in [9.17, 15) is 15.0 Å². The standard InChI is InChI=1S/C21H28O3/c1-4-6-7-15(3)21(17-8-10-18(22)11-9-17)13-12-19(20(23)24)16(5-2)14-21/h8-13,15,22H,4-7,14H2,1-3H3,(H,23,24)/t15?,21-/m1/s1. The number of carboxylic acids is 1. The topological polar surface area (TPSA) is 57.5 Å². The molecule has 1 aromatic rings. The number of phenols is 1. The molecule has 0 bridgehead atoms. The number of aromatic hydroxyl groups is 1. The third-order valence-corrected chi connectivity index (χ3v) is 5.37. The zero-order valence-electron chi connectivity index (χ0n) is 14.9. The summed E-state index contributed by atoms with van der Waals surface area (Å²) in [5.41, 5.74) is 2.39. The zero-order valence-corrected chi connectivity index (χ0v) is 14.9. The lowest BCUT2D eigenvalue weighted by molar-refractivity contribution is -0.132. The molecule has 0 fully saturated rings. The van der Waals surface area contributed by atoms with Crippen LogP contribution >= 0.6 is 0 Å². The maximum Gasteiger partial charge on any atom is 0.335 e.